The molecule has 15 heavy (non-hydrogen) atoms. The molecule has 3 nitrogen and oxygen atoms in total. The van der Waals surface area contributed by atoms with Crippen molar-refractivity contribution in [1.82, 2.24) is 4.98 Å². The molecule has 0 aliphatic heterocycles. The van der Waals surface area contributed by atoms with Gasteiger partial charge in [-0.3, -0.25) is 0 Å². The number of benzene rings is 1. The summed E-state index contributed by atoms with van der Waals surface area (Å²) in [7, 11) is 0. The van der Waals surface area contributed by atoms with Gasteiger partial charge < -0.3 is 9.72 Å². The minimum absolute atomic E-state index is 0.393. The minimum Gasteiger partial charge on any atom is -0.423 e. The van der Waals surface area contributed by atoms with Gasteiger partial charge in [-0.15, -0.1) is 0 Å². The number of rotatable bonds is 2. The van der Waals surface area contributed by atoms with E-state index in [2.05, 4.69) is 11.6 Å². The van der Waals surface area contributed by atoms with Crippen LogP contribution >= 0.6 is 0 Å². The van der Waals surface area contributed by atoms with Crippen molar-refractivity contribution in [3.8, 4) is 5.75 Å². The van der Waals surface area contributed by atoms with Crippen LogP contribution in [0.3, 0.4) is 0 Å². The third-order valence-electron chi connectivity index (χ3n) is 2.08. The maximum absolute atomic E-state index is 11.3. The van der Waals surface area contributed by atoms with Crippen LogP contribution < -0.4 is 4.74 Å². The van der Waals surface area contributed by atoms with E-state index in [-0.39, 0.29) is 0 Å². The number of fused-ring (bicyclic) bond motifs is 1. The summed E-state index contributed by atoms with van der Waals surface area (Å²) in [5.41, 5.74) is 1.41. The first kappa shape index (κ1) is 9.52. The first-order valence-electron chi connectivity index (χ1n) is 4.61. The smallest absolute Gasteiger partial charge is 0.338 e. The van der Waals surface area contributed by atoms with E-state index in [1.807, 2.05) is 24.4 Å². The summed E-state index contributed by atoms with van der Waals surface area (Å²) in [6, 6.07) is 7.36. The Labute approximate surface area is 87.4 Å². The highest BCUT2D eigenvalue weighted by atomic mass is 16.5. The van der Waals surface area contributed by atoms with E-state index in [1.165, 1.54) is 0 Å². The molecule has 0 amide bonds. The number of ether oxygens (including phenoxy) is 1. The SMILES string of the molecule is C=C(C)C(=O)Oc1ccc2[nH]ccc2c1. The molecule has 0 unspecified atom stereocenters. The molecule has 2 aromatic rings. The first-order chi connectivity index (χ1) is 7.16. The Kier molecular flexibility index (Phi) is 2.29. The van der Waals surface area contributed by atoms with E-state index in [9.17, 15) is 4.79 Å². The molecular formula is C12H11NO2. The molecule has 3 heteroatoms. The third-order valence-corrected chi connectivity index (χ3v) is 2.08. The third kappa shape index (κ3) is 1.91. The molecule has 1 aromatic heterocycles. The number of carbonyl (C=O) groups excluding carboxylic acids is 1. The normalized spacial score (nSPS) is 10.2. The molecule has 2 rings (SSSR count). The van der Waals surface area contributed by atoms with Gasteiger partial charge in [0.1, 0.15) is 5.75 Å². The van der Waals surface area contributed by atoms with Crippen molar-refractivity contribution in [1.29, 1.82) is 0 Å². The Morgan fingerprint density at radius 3 is 2.93 bits per heavy atom. The van der Waals surface area contributed by atoms with Gasteiger partial charge in [-0.2, -0.15) is 0 Å². The minimum atomic E-state index is -0.398. The number of hydrogen-bond donors (Lipinski definition) is 1. The molecule has 0 saturated carbocycles. The lowest BCUT2D eigenvalue weighted by Gasteiger charge is -2.03. The van der Waals surface area contributed by atoms with Crippen LogP contribution in [0, 0.1) is 0 Å². The van der Waals surface area contributed by atoms with Crippen LogP contribution in [-0.4, -0.2) is 11.0 Å². The van der Waals surface area contributed by atoms with Crippen LogP contribution in [0.4, 0.5) is 0 Å². The molecule has 76 valence electrons. The fourth-order valence-electron chi connectivity index (χ4n) is 1.29. The zero-order valence-electron chi connectivity index (χ0n) is 8.41. The Morgan fingerprint density at radius 2 is 2.20 bits per heavy atom. The van der Waals surface area contributed by atoms with Gasteiger partial charge in [0.05, 0.1) is 0 Å². The maximum Gasteiger partial charge on any atom is 0.338 e. The molecule has 0 radical (unpaired) electrons. The summed E-state index contributed by atoms with van der Waals surface area (Å²) in [6.07, 6.45) is 1.84. The van der Waals surface area contributed by atoms with E-state index >= 15 is 0 Å². The fourth-order valence-corrected chi connectivity index (χ4v) is 1.29. The lowest BCUT2D eigenvalue weighted by Crippen LogP contribution is -2.07. The summed E-state index contributed by atoms with van der Waals surface area (Å²) >= 11 is 0. The topological polar surface area (TPSA) is 42.1 Å². The van der Waals surface area contributed by atoms with Crippen molar-refractivity contribution in [2.45, 2.75) is 6.92 Å². The molecular weight excluding hydrogens is 190 g/mol. The van der Waals surface area contributed by atoms with Crippen LogP contribution in [0.5, 0.6) is 5.75 Å². The maximum atomic E-state index is 11.3. The Balaban J connectivity index is 2.28. The lowest BCUT2D eigenvalue weighted by molar-refractivity contribution is -0.130. The second-order valence-corrected chi connectivity index (χ2v) is 3.40. The molecule has 0 aliphatic carbocycles. The van der Waals surface area contributed by atoms with E-state index in [4.69, 9.17) is 4.74 Å². The molecule has 0 aliphatic rings. The quantitative estimate of drug-likeness (QED) is 0.461. The molecule has 0 atom stereocenters. The zero-order chi connectivity index (χ0) is 10.8. The van der Waals surface area contributed by atoms with Crippen molar-refractivity contribution in [3.63, 3.8) is 0 Å². The van der Waals surface area contributed by atoms with Gasteiger partial charge in [0.25, 0.3) is 0 Å². The molecule has 0 bridgehead atoms. The van der Waals surface area contributed by atoms with Gasteiger partial charge in [-0.05, 0) is 31.2 Å². The molecule has 0 spiro atoms. The second-order valence-electron chi connectivity index (χ2n) is 3.40. The lowest BCUT2D eigenvalue weighted by atomic mass is 10.2. The zero-order valence-corrected chi connectivity index (χ0v) is 8.41. The van der Waals surface area contributed by atoms with E-state index in [0.29, 0.717) is 11.3 Å². The van der Waals surface area contributed by atoms with E-state index in [1.54, 1.807) is 13.0 Å². The molecule has 1 heterocycles. The first-order valence-corrected chi connectivity index (χ1v) is 4.61. The van der Waals surface area contributed by atoms with Gasteiger partial charge in [0, 0.05) is 22.7 Å². The number of esters is 1. The van der Waals surface area contributed by atoms with Crippen molar-refractivity contribution in [2.75, 3.05) is 0 Å². The average Bonchev–Trinajstić information content (AvgIpc) is 2.64. The number of H-pyrrole nitrogens is 1. The van der Waals surface area contributed by atoms with Crippen LogP contribution in [0.2, 0.25) is 0 Å². The van der Waals surface area contributed by atoms with Gasteiger partial charge in [-0.25, -0.2) is 4.79 Å². The van der Waals surface area contributed by atoms with Crippen LogP contribution in [0.1, 0.15) is 6.92 Å². The van der Waals surface area contributed by atoms with Gasteiger partial charge in [0.2, 0.25) is 0 Å². The molecule has 0 fully saturated rings. The number of nitrogens with one attached hydrogen (secondary N) is 1. The number of aromatic nitrogens is 1. The second kappa shape index (κ2) is 3.61. The van der Waals surface area contributed by atoms with Gasteiger partial charge >= 0.3 is 5.97 Å². The molecule has 1 N–H and O–H groups in total. The average molecular weight is 201 g/mol. The predicted octanol–water partition coefficient (Wildman–Crippen LogP) is 2.65. The number of carbonyl (C=O) groups is 1. The van der Waals surface area contributed by atoms with Crippen molar-refractivity contribution < 1.29 is 9.53 Å². The van der Waals surface area contributed by atoms with Crippen molar-refractivity contribution in [3.05, 3.63) is 42.6 Å². The Hall–Kier alpha value is -2.03. The van der Waals surface area contributed by atoms with Crippen LogP contribution in [0.15, 0.2) is 42.6 Å². The number of hydrogen-bond acceptors (Lipinski definition) is 2. The highest BCUT2D eigenvalue weighted by Gasteiger charge is 2.05. The van der Waals surface area contributed by atoms with Gasteiger partial charge in [-0.1, -0.05) is 6.58 Å². The summed E-state index contributed by atoms with van der Waals surface area (Å²) in [5.74, 6) is 0.139. The summed E-state index contributed by atoms with van der Waals surface area (Å²) in [4.78, 5) is 14.3. The van der Waals surface area contributed by atoms with Crippen LogP contribution in [0.25, 0.3) is 10.9 Å². The largest absolute Gasteiger partial charge is 0.423 e. The predicted molar refractivity (Wildman–Crippen MR) is 58.7 cm³/mol. The Bertz CT molecular complexity index is 525. The van der Waals surface area contributed by atoms with Crippen molar-refractivity contribution >= 4 is 16.9 Å². The summed E-state index contributed by atoms with van der Waals surface area (Å²) in [5, 5.41) is 1.02. The van der Waals surface area contributed by atoms with E-state index < -0.39 is 5.97 Å². The number of aromatic amines is 1. The highest BCUT2D eigenvalue weighted by Crippen LogP contribution is 2.20. The van der Waals surface area contributed by atoms with E-state index in [0.717, 1.165) is 10.9 Å². The summed E-state index contributed by atoms with van der Waals surface area (Å²) in [6.45, 7) is 5.15. The summed E-state index contributed by atoms with van der Waals surface area (Å²) < 4.78 is 5.10. The highest BCUT2D eigenvalue weighted by molar-refractivity contribution is 5.89. The monoisotopic (exact) mass is 201 g/mol. The standard InChI is InChI=1S/C12H11NO2/c1-8(2)12(14)15-10-3-4-11-9(7-10)5-6-13-11/h3-7,13H,1H2,2H3. The van der Waals surface area contributed by atoms with Crippen LogP contribution in [-0.2, 0) is 4.79 Å². The molecule has 1 aromatic carbocycles. The van der Waals surface area contributed by atoms with Gasteiger partial charge in [0.15, 0.2) is 0 Å². The fraction of sp³-hybridized carbons (Fsp3) is 0.0833. The molecule has 0 saturated heterocycles. The Morgan fingerprint density at radius 1 is 1.40 bits per heavy atom. The van der Waals surface area contributed by atoms with Crippen molar-refractivity contribution in [2.24, 2.45) is 0 Å².